The predicted octanol–water partition coefficient (Wildman–Crippen LogP) is 3.14. The highest BCUT2D eigenvalue weighted by Crippen LogP contribution is 2.25. The molecular weight excluding hydrogens is 294 g/mol. The first kappa shape index (κ1) is 15.0. The highest BCUT2D eigenvalue weighted by molar-refractivity contribution is 6.09. The Balaban J connectivity index is 1.93. The van der Waals surface area contributed by atoms with Gasteiger partial charge in [-0.3, -0.25) is 9.59 Å². The molecular formula is C18H15NO4. The number of nitrogens with two attached hydrogens (primary N) is 1. The molecule has 3 N–H and O–H groups in total. The number of rotatable bonds is 5. The summed E-state index contributed by atoms with van der Waals surface area (Å²) in [5, 5.41) is 9.54. The maximum atomic E-state index is 12.4. The molecule has 0 fully saturated rings. The highest BCUT2D eigenvalue weighted by Gasteiger charge is 2.16. The molecule has 1 unspecified atom stereocenters. The molecule has 1 atom stereocenters. The van der Waals surface area contributed by atoms with Gasteiger partial charge in [-0.2, -0.15) is 0 Å². The van der Waals surface area contributed by atoms with Crippen molar-refractivity contribution in [3.05, 3.63) is 71.5 Å². The summed E-state index contributed by atoms with van der Waals surface area (Å²) in [5.41, 5.74) is 7.68. The van der Waals surface area contributed by atoms with Crippen LogP contribution in [0.2, 0.25) is 0 Å². The lowest BCUT2D eigenvalue weighted by atomic mass is 10.0. The molecule has 0 aliphatic carbocycles. The normalized spacial score (nSPS) is 12.2. The summed E-state index contributed by atoms with van der Waals surface area (Å²) in [7, 11) is 0. The Morgan fingerprint density at radius 3 is 2.52 bits per heavy atom. The molecule has 2 aromatic carbocycles. The number of hydrogen-bond donors (Lipinski definition) is 2. The van der Waals surface area contributed by atoms with Crippen LogP contribution < -0.4 is 5.73 Å². The van der Waals surface area contributed by atoms with Crippen LogP contribution in [0, 0.1) is 0 Å². The van der Waals surface area contributed by atoms with Gasteiger partial charge in [0.05, 0.1) is 6.42 Å². The van der Waals surface area contributed by atoms with E-state index in [2.05, 4.69) is 0 Å². The summed E-state index contributed by atoms with van der Waals surface area (Å²) in [4.78, 5) is 23.1. The van der Waals surface area contributed by atoms with E-state index >= 15 is 0 Å². The number of furan rings is 1. The molecule has 3 aromatic rings. The maximum Gasteiger partial charge on any atom is 0.305 e. The minimum Gasteiger partial charge on any atom is -0.481 e. The predicted molar refractivity (Wildman–Crippen MR) is 85.3 cm³/mol. The topological polar surface area (TPSA) is 93.5 Å². The number of fused-ring (bicyclic) bond motifs is 1. The third kappa shape index (κ3) is 3.14. The van der Waals surface area contributed by atoms with Crippen molar-refractivity contribution >= 4 is 22.7 Å². The number of benzene rings is 2. The molecule has 0 amide bonds. The fourth-order valence-corrected chi connectivity index (χ4v) is 2.44. The summed E-state index contributed by atoms with van der Waals surface area (Å²) >= 11 is 0. The zero-order chi connectivity index (χ0) is 16.4. The van der Waals surface area contributed by atoms with Crippen molar-refractivity contribution in [3.63, 3.8) is 0 Å². The van der Waals surface area contributed by atoms with E-state index < -0.39 is 12.0 Å². The first-order chi connectivity index (χ1) is 11.0. The summed E-state index contributed by atoms with van der Waals surface area (Å²) < 4.78 is 5.59. The van der Waals surface area contributed by atoms with Gasteiger partial charge in [0.2, 0.25) is 5.78 Å². The van der Waals surface area contributed by atoms with E-state index in [4.69, 9.17) is 15.3 Å². The van der Waals surface area contributed by atoms with Crippen molar-refractivity contribution in [2.24, 2.45) is 5.73 Å². The molecule has 116 valence electrons. The summed E-state index contributed by atoms with van der Waals surface area (Å²) in [6.45, 7) is 0. The molecule has 0 radical (unpaired) electrons. The van der Waals surface area contributed by atoms with Gasteiger partial charge in [0.25, 0.3) is 0 Å². The molecule has 1 aromatic heterocycles. The average molecular weight is 309 g/mol. The van der Waals surface area contributed by atoms with Crippen LogP contribution in [0.25, 0.3) is 11.0 Å². The molecule has 0 aliphatic heterocycles. The van der Waals surface area contributed by atoms with Crippen LogP contribution in [0.15, 0.2) is 59.0 Å². The number of ketones is 1. The third-order valence-electron chi connectivity index (χ3n) is 3.62. The van der Waals surface area contributed by atoms with E-state index in [1.165, 1.54) is 0 Å². The smallest absolute Gasteiger partial charge is 0.305 e. The second-order valence-electron chi connectivity index (χ2n) is 5.31. The summed E-state index contributed by atoms with van der Waals surface area (Å²) in [5.74, 6) is -0.905. The molecule has 0 saturated carbocycles. The maximum absolute atomic E-state index is 12.4. The number of carboxylic acids is 1. The lowest BCUT2D eigenvalue weighted by Gasteiger charge is -2.08. The van der Waals surface area contributed by atoms with Gasteiger partial charge in [0, 0.05) is 17.0 Å². The number of carbonyl (C=O) groups is 2. The van der Waals surface area contributed by atoms with Gasteiger partial charge in [0.15, 0.2) is 5.76 Å². The van der Waals surface area contributed by atoms with Crippen LogP contribution in [0.1, 0.15) is 34.1 Å². The van der Waals surface area contributed by atoms with Crippen LogP contribution in [0.3, 0.4) is 0 Å². The second kappa shape index (κ2) is 6.06. The second-order valence-corrected chi connectivity index (χ2v) is 5.31. The standard InChI is InChI=1S/C18H15NO4/c19-14(10-17(20)21)12-6-7-15-13(8-12)9-16(23-15)18(22)11-4-2-1-3-5-11/h1-9,14H,10,19H2,(H,20,21). The molecule has 0 bridgehead atoms. The zero-order valence-corrected chi connectivity index (χ0v) is 12.2. The first-order valence-corrected chi connectivity index (χ1v) is 7.15. The summed E-state index contributed by atoms with van der Waals surface area (Å²) in [6, 6.07) is 15.1. The Bertz CT molecular complexity index is 867. The van der Waals surface area contributed by atoms with E-state index in [1.54, 1.807) is 48.5 Å². The Morgan fingerprint density at radius 1 is 1.09 bits per heavy atom. The van der Waals surface area contributed by atoms with E-state index in [1.807, 2.05) is 6.07 Å². The number of hydrogen-bond acceptors (Lipinski definition) is 4. The number of carboxylic acid groups (broad SMARTS) is 1. The first-order valence-electron chi connectivity index (χ1n) is 7.15. The van der Waals surface area contributed by atoms with Crippen LogP contribution in [0.4, 0.5) is 0 Å². The fourth-order valence-electron chi connectivity index (χ4n) is 2.44. The molecule has 23 heavy (non-hydrogen) atoms. The lowest BCUT2D eigenvalue weighted by Crippen LogP contribution is -2.14. The highest BCUT2D eigenvalue weighted by atomic mass is 16.4. The molecule has 0 saturated heterocycles. The van der Waals surface area contributed by atoms with Crippen molar-refractivity contribution in [2.45, 2.75) is 12.5 Å². The minimum absolute atomic E-state index is 0.154. The van der Waals surface area contributed by atoms with Crippen LogP contribution >= 0.6 is 0 Å². The van der Waals surface area contributed by atoms with Crippen molar-refractivity contribution in [1.82, 2.24) is 0 Å². The quantitative estimate of drug-likeness (QED) is 0.706. The van der Waals surface area contributed by atoms with Crippen molar-refractivity contribution in [2.75, 3.05) is 0 Å². The Kier molecular flexibility index (Phi) is 3.95. The van der Waals surface area contributed by atoms with E-state index in [9.17, 15) is 9.59 Å². The average Bonchev–Trinajstić information content (AvgIpc) is 2.97. The van der Waals surface area contributed by atoms with Gasteiger partial charge in [-0.1, -0.05) is 36.4 Å². The van der Waals surface area contributed by atoms with E-state index in [0.717, 1.165) is 5.39 Å². The van der Waals surface area contributed by atoms with Crippen molar-refractivity contribution in [1.29, 1.82) is 0 Å². The molecule has 0 aliphatic rings. The van der Waals surface area contributed by atoms with Crippen molar-refractivity contribution < 1.29 is 19.1 Å². The van der Waals surface area contributed by atoms with Gasteiger partial charge < -0.3 is 15.3 Å². The van der Waals surface area contributed by atoms with Crippen LogP contribution in [-0.2, 0) is 4.79 Å². The monoisotopic (exact) mass is 309 g/mol. The summed E-state index contributed by atoms with van der Waals surface area (Å²) in [6.07, 6.45) is -0.154. The van der Waals surface area contributed by atoms with Gasteiger partial charge in [-0.15, -0.1) is 0 Å². The molecule has 3 rings (SSSR count). The van der Waals surface area contributed by atoms with Gasteiger partial charge in [-0.25, -0.2) is 0 Å². The molecule has 0 spiro atoms. The van der Waals surface area contributed by atoms with E-state index in [-0.39, 0.29) is 18.0 Å². The molecule has 5 heteroatoms. The van der Waals surface area contributed by atoms with Gasteiger partial charge in [0.1, 0.15) is 5.58 Å². The Labute approximate surface area is 132 Å². The van der Waals surface area contributed by atoms with Crippen LogP contribution in [-0.4, -0.2) is 16.9 Å². The third-order valence-corrected chi connectivity index (χ3v) is 3.62. The van der Waals surface area contributed by atoms with Gasteiger partial charge >= 0.3 is 5.97 Å². The molecule has 5 nitrogen and oxygen atoms in total. The molecule has 1 heterocycles. The van der Waals surface area contributed by atoms with Crippen LogP contribution in [0.5, 0.6) is 0 Å². The Hall–Kier alpha value is -2.92. The fraction of sp³-hybridized carbons (Fsp3) is 0.111. The zero-order valence-electron chi connectivity index (χ0n) is 12.2. The minimum atomic E-state index is -0.954. The number of carbonyl (C=O) groups excluding carboxylic acids is 1. The number of aliphatic carboxylic acids is 1. The Morgan fingerprint density at radius 2 is 1.83 bits per heavy atom. The lowest BCUT2D eigenvalue weighted by molar-refractivity contribution is -0.137. The SMILES string of the molecule is NC(CC(=O)O)c1ccc2oc(C(=O)c3ccccc3)cc2c1. The van der Waals surface area contributed by atoms with E-state index in [0.29, 0.717) is 16.7 Å². The van der Waals surface area contributed by atoms with Gasteiger partial charge in [-0.05, 0) is 23.8 Å². The van der Waals surface area contributed by atoms with Crippen molar-refractivity contribution in [3.8, 4) is 0 Å². The largest absolute Gasteiger partial charge is 0.481 e.